The van der Waals surface area contributed by atoms with Crippen LogP contribution in [0.4, 0.5) is 0 Å². The number of fused-ring (bicyclic) bond motifs is 1. The molecule has 0 radical (unpaired) electrons. The number of nitrogens with zero attached hydrogens (tertiary/aromatic N) is 2. The van der Waals surface area contributed by atoms with E-state index in [0.29, 0.717) is 5.56 Å². The molecule has 1 saturated heterocycles. The number of aryl methyl sites for hydroxylation is 2. The SMILES string of the molecule is CCc1cc(C(=O)O)cc2c(CCN3CCCC3)cn(C)c12. The highest BCUT2D eigenvalue weighted by atomic mass is 16.4. The number of carbonyl (C=O) groups is 1. The number of aromatic carboxylic acids is 1. The normalized spacial score (nSPS) is 15.7. The standard InChI is InChI=1S/C18H24N2O2/c1-3-13-10-15(18(21)22)11-16-14(12-19(2)17(13)16)6-9-20-7-4-5-8-20/h10-12H,3-9H2,1-2H3,(H,21,22). The summed E-state index contributed by atoms with van der Waals surface area (Å²) in [7, 11) is 2.06. The Morgan fingerprint density at radius 3 is 2.59 bits per heavy atom. The van der Waals surface area contributed by atoms with Crippen LogP contribution in [0, 0.1) is 0 Å². The van der Waals surface area contributed by atoms with Gasteiger partial charge in [0.05, 0.1) is 11.1 Å². The van der Waals surface area contributed by atoms with Crippen molar-refractivity contribution < 1.29 is 9.90 Å². The molecule has 1 aliphatic rings. The second kappa shape index (κ2) is 6.13. The van der Waals surface area contributed by atoms with Crippen molar-refractivity contribution in [1.82, 2.24) is 9.47 Å². The zero-order chi connectivity index (χ0) is 15.7. The third-order valence-electron chi connectivity index (χ3n) is 4.76. The highest BCUT2D eigenvalue weighted by molar-refractivity contribution is 5.96. The molecule has 0 amide bonds. The summed E-state index contributed by atoms with van der Waals surface area (Å²) in [5.74, 6) is -0.842. The summed E-state index contributed by atoms with van der Waals surface area (Å²) in [6.07, 6.45) is 6.62. The number of likely N-dealkylation sites (tertiary alicyclic amines) is 1. The zero-order valence-corrected chi connectivity index (χ0v) is 13.4. The van der Waals surface area contributed by atoms with Crippen LogP contribution in [0.25, 0.3) is 10.9 Å². The molecule has 1 aromatic heterocycles. The smallest absolute Gasteiger partial charge is 0.335 e. The van der Waals surface area contributed by atoms with E-state index in [9.17, 15) is 9.90 Å². The molecular weight excluding hydrogens is 276 g/mol. The topological polar surface area (TPSA) is 45.5 Å². The van der Waals surface area contributed by atoms with Gasteiger partial charge in [0.2, 0.25) is 0 Å². The Hall–Kier alpha value is -1.81. The summed E-state index contributed by atoms with van der Waals surface area (Å²) >= 11 is 0. The van der Waals surface area contributed by atoms with Crippen LogP contribution in [0.2, 0.25) is 0 Å². The van der Waals surface area contributed by atoms with Gasteiger partial charge in [0, 0.05) is 25.2 Å². The van der Waals surface area contributed by atoms with E-state index in [1.165, 1.54) is 37.0 Å². The molecule has 0 saturated carbocycles. The van der Waals surface area contributed by atoms with Gasteiger partial charge in [-0.3, -0.25) is 0 Å². The van der Waals surface area contributed by atoms with E-state index in [2.05, 4.69) is 29.6 Å². The summed E-state index contributed by atoms with van der Waals surface area (Å²) in [6.45, 7) is 5.55. The van der Waals surface area contributed by atoms with E-state index in [4.69, 9.17) is 0 Å². The Morgan fingerprint density at radius 2 is 1.95 bits per heavy atom. The van der Waals surface area contributed by atoms with Gasteiger partial charge >= 0.3 is 5.97 Å². The number of hydrogen-bond acceptors (Lipinski definition) is 2. The van der Waals surface area contributed by atoms with Gasteiger partial charge in [-0.2, -0.15) is 0 Å². The first-order chi connectivity index (χ1) is 10.6. The molecule has 1 aliphatic heterocycles. The number of rotatable bonds is 5. The maximum atomic E-state index is 11.4. The van der Waals surface area contributed by atoms with E-state index in [1.54, 1.807) is 0 Å². The second-order valence-corrected chi connectivity index (χ2v) is 6.25. The molecule has 1 N–H and O–H groups in total. The fraction of sp³-hybridized carbons (Fsp3) is 0.500. The molecule has 4 nitrogen and oxygen atoms in total. The van der Waals surface area contributed by atoms with E-state index in [0.717, 1.165) is 30.3 Å². The number of aromatic nitrogens is 1. The van der Waals surface area contributed by atoms with Crippen molar-refractivity contribution in [3.05, 3.63) is 35.0 Å². The van der Waals surface area contributed by atoms with Gasteiger partial charge in [0.25, 0.3) is 0 Å². The van der Waals surface area contributed by atoms with Crippen LogP contribution in [0.3, 0.4) is 0 Å². The van der Waals surface area contributed by atoms with Gasteiger partial charge in [-0.15, -0.1) is 0 Å². The van der Waals surface area contributed by atoms with Gasteiger partial charge in [0.1, 0.15) is 0 Å². The van der Waals surface area contributed by atoms with Crippen LogP contribution in [-0.2, 0) is 19.9 Å². The Kier molecular flexibility index (Phi) is 4.21. The van der Waals surface area contributed by atoms with Crippen LogP contribution in [0.5, 0.6) is 0 Å². The van der Waals surface area contributed by atoms with Crippen molar-refractivity contribution in [1.29, 1.82) is 0 Å². The van der Waals surface area contributed by atoms with Crippen LogP contribution in [0.15, 0.2) is 18.3 Å². The molecule has 0 unspecified atom stereocenters. The Labute approximate surface area is 131 Å². The van der Waals surface area contributed by atoms with E-state index >= 15 is 0 Å². The van der Waals surface area contributed by atoms with Crippen molar-refractivity contribution >= 4 is 16.9 Å². The molecule has 1 aromatic carbocycles. The van der Waals surface area contributed by atoms with Crippen LogP contribution in [-0.4, -0.2) is 40.2 Å². The van der Waals surface area contributed by atoms with Crippen molar-refractivity contribution in [2.75, 3.05) is 19.6 Å². The molecule has 0 aliphatic carbocycles. The monoisotopic (exact) mass is 300 g/mol. The molecule has 0 spiro atoms. The predicted molar refractivity (Wildman–Crippen MR) is 88.6 cm³/mol. The maximum absolute atomic E-state index is 11.4. The number of carboxylic acids is 1. The highest BCUT2D eigenvalue weighted by Crippen LogP contribution is 2.27. The van der Waals surface area contributed by atoms with Gasteiger partial charge in [-0.1, -0.05) is 6.92 Å². The lowest BCUT2D eigenvalue weighted by Gasteiger charge is -2.13. The Morgan fingerprint density at radius 1 is 1.23 bits per heavy atom. The number of hydrogen-bond donors (Lipinski definition) is 1. The molecule has 2 aromatic rings. The molecule has 0 atom stereocenters. The van der Waals surface area contributed by atoms with Gasteiger partial charge in [-0.05, 0) is 62.0 Å². The fourth-order valence-electron chi connectivity index (χ4n) is 3.60. The maximum Gasteiger partial charge on any atom is 0.335 e. The minimum Gasteiger partial charge on any atom is -0.478 e. The quantitative estimate of drug-likeness (QED) is 0.923. The third-order valence-corrected chi connectivity index (χ3v) is 4.76. The summed E-state index contributed by atoms with van der Waals surface area (Å²) in [5.41, 5.74) is 3.97. The van der Waals surface area contributed by atoms with Crippen molar-refractivity contribution in [2.24, 2.45) is 7.05 Å². The molecule has 1 fully saturated rings. The molecule has 2 heterocycles. The van der Waals surface area contributed by atoms with E-state index in [1.807, 2.05) is 12.1 Å². The first-order valence-corrected chi connectivity index (χ1v) is 8.16. The fourth-order valence-corrected chi connectivity index (χ4v) is 3.60. The van der Waals surface area contributed by atoms with Gasteiger partial charge < -0.3 is 14.6 Å². The lowest BCUT2D eigenvalue weighted by atomic mass is 10.0. The molecular formula is C18H24N2O2. The Bertz CT molecular complexity index is 697. The largest absolute Gasteiger partial charge is 0.478 e. The van der Waals surface area contributed by atoms with E-state index in [-0.39, 0.29) is 0 Å². The van der Waals surface area contributed by atoms with Crippen molar-refractivity contribution in [2.45, 2.75) is 32.6 Å². The molecule has 118 valence electrons. The van der Waals surface area contributed by atoms with Crippen LogP contribution < -0.4 is 0 Å². The van der Waals surface area contributed by atoms with Crippen molar-refractivity contribution in [3.63, 3.8) is 0 Å². The molecule has 4 heteroatoms. The number of carboxylic acid groups (broad SMARTS) is 1. The molecule has 3 rings (SSSR count). The van der Waals surface area contributed by atoms with Gasteiger partial charge in [0.15, 0.2) is 0 Å². The minimum absolute atomic E-state index is 0.401. The lowest BCUT2D eigenvalue weighted by Crippen LogP contribution is -2.21. The van der Waals surface area contributed by atoms with Crippen LogP contribution >= 0.6 is 0 Å². The zero-order valence-electron chi connectivity index (χ0n) is 13.4. The lowest BCUT2D eigenvalue weighted by molar-refractivity contribution is 0.0697. The van der Waals surface area contributed by atoms with Crippen molar-refractivity contribution in [3.8, 4) is 0 Å². The van der Waals surface area contributed by atoms with Gasteiger partial charge in [-0.25, -0.2) is 4.79 Å². The third kappa shape index (κ3) is 2.75. The minimum atomic E-state index is -0.842. The summed E-state index contributed by atoms with van der Waals surface area (Å²) < 4.78 is 2.15. The van der Waals surface area contributed by atoms with Crippen LogP contribution in [0.1, 0.15) is 41.3 Å². The molecule has 0 bridgehead atoms. The van der Waals surface area contributed by atoms with E-state index < -0.39 is 5.97 Å². The Balaban J connectivity index is 1.98. The predicted octanol–water partition coefficient (Wildman–Crippen LogP) is 3.08. The average Bonchev–Trinajstić information content (AvgIpc) is 3.12. The summed E-state index contributed by atoms with van der Waals surface area (Å²) in [5, 5.41) is 10.5. The highest BCUT2D eigenvalue weighted by Gasteiger charge is 2.16. The molecule has 22 heavy (non-hydrogen) atoms. The second-order valence-electron chi connectivity index (χ2n) is 6.25. The first kappa shape index (κ1) is 15.1. The number of benzene rings is 1. The summed E-state index contributed by atoms with van der Waals surface area (Å²) in [4.78, 5) is 13.9. The summed E-state index contributed by atoms with van der Waals surface area (Å²) in [6, 6.07) is 3.66. The first-order valence-electron chi connectivity index (χ1n) is 8.16. The average molecular weight is 300 g/mol.